The summed E-state index contributed by atoms with van der Waals surface area (Å²) in [4.78, 5) is 21.3. The standard InChI is InChI=1S/C23H15ClF3N7O/c24-15-3-1-2-13(8-15)11-33-12-28-23(32-33)31-22(35)17-10-29-34-19(20(26)27)9-18(30-21(17)34)14-4-6-16(25)7-5-14/h1-10,12,20H,11H2,(H,31,32,35). The van der Waals surface area contributed by atoms with Crippen molar-refractivity contribution in [2.45, 2.75) is 13.0 Å². The number of amides is 1. The number of aromatic nitrogens is 6. The molecule has 176 valence electrons. The highest BCUT2D eigenvalue weighted by Crippen LogP contribution is 2.27. The molecule has 0 atom stereocenters. The lowest BCUT2D eigenvalue weighted by Crippen LogP contribution is -2.14. The molecule has 0 aliphatic carbocycles. The molecule has 5 aromatic rings. The number of hydrogen-bond acceptors (Lipinski definition) is 5. The number of carbonyl (C=O) groups is 1. The Bertz CT molecular complexity index is 1530. The number of anilines is 1. The van der Waals surface area contributed by atoms with Crippen molar-refractivity contribution >= 4 is 29.1 Å². The molecule has 0 bridgehead atoms. The second kappa shape index (κ2) is 9.18. The van der Waals surface area contributed by atoms with Gasteiger partial charge in [0.15, 0.2) is 5.65 Å². The maximum atomic E-state index is 13.7. The predicted octanol–water partition coefficient (Wildman–Crippen LogP) is 5.02. The van der Waals surface area contributed by atoms with Gasteiger partial charge in [0, 0.05) is 10.6 Å². The number of benzene rings is 2. The van der Waals surface area contributed by atoms with Gasteiger partial charge in [-0.1, -0.05) is 23.7 Å². The predicted molar refractivity (Wildman–Crippen MR) is 122 cm³/mol. The molecule has 1 N–H and O–H groups in total. The summed E-state index contributed by atoms with van der Waals surface area (Å²) in [6.45, 7) is 0.375. The first-order valence-electron chi connectivity index (χ1n) is 10.3. The Kier molecular flexibility index (Phi) is 5.91. The smallest absolute Gasteiger partial charge is 0.280 e. The number of carbonyl (C=O) groups excluding carboxylic acids is 1. The highest BCUT2D eigenvalue weighted by molar-refractivity contribution is 6.30. The summed E-state index contributed by atoms with van der Waals surface area (Å²) in [5.41, 5.74) is 0.841. The van der Waals surface area contributed by atoms with Crippen LogP contribution in [0.5, 0.6) is 0 Å². The van der Waals surface area contributed by atoms with Gasteiger partial charge in [-0.2, -0.15) is 5.10 Å². The lowest BCUT2D eigenvalue weighted by atomic mass is 10.1. The van der Waals surface area contributed by atoms with Crippen LogP contribution < -0.4 is 5.32 Å². The minimum atomic E-state index is -2.89. The zero-order valence-electron chi connectivity index (χ0n) is 17.7. The number of alkyl halides is 2. The van der Waals surface area contributed by atoms with Crippen LogP contribution in [0.4, 0.5) is 19.1 Å². The van der Waals surface area contributed by atoms with Crippen LogP contribution in [0, 0.1) is 5.82 Å². The molecule has 12 heteroatoms. The first kappa shape index (κ1) is 22.5. The van der Waals surface area contributed by atoms with E-state index in [1.165, 1.54) is 35.3 Å². The molecule has 0 radical (unpaired) electrons. The van der Waals surface area contributed by atoms with E-state index in [0.29, 0.717) is 17.1 Å². The molecule has 0 aliphatic heterocycles. The zero-order valence-corrected chi connectivity index (χ0v) is 18.5. The van der Waals surface area contributed by atoms with Crippen LogP contribution in [-0.4, -0.2) is 35.3 Å². The lowest BCUT2D eigenvalue weighted by Gasteiger charge is -2.08. The van der Waals surface area contributed by atoms with Gasteiger partial charge in [-0.05, 0) is 48.0 Å². The number of rotatable bonds is 6. The average Bonchev–Trinajstić information content (AvgIpc) is 3.45. The monoisotopic (exact) mass is 497 g/mol. The fourth-order valence-electron chi connectivity index (χ4n) is 3.49. The fraction of sp³-hybridized carbons (Fsp3) is 0.0870. The van der Waals surface area contributed by atoms with E-state index >= 15 is 0 Å². The van der Waals surface area contributed by atoms with Crippen molar-refractivity contribution in [2.75, 3.05) is 5.32 Å². The van der Waals surface area contributed by atoms with Crippen LogP contribution in [0.3, 0.4) is 0 Å². The number of nitrogens with zero attached hydrogens (tertiary/aromatic N) is 6. The highest BCUT2D eigenvalue weighted by atomic mass is 35.5. The third-order valence-electron chi connectivity index (χ3n) is 5.10. The number of halogens is 4. The summed E-state index contributed by atoms with van der Waals surface area (Å²) in [5, 5.41) is 11.2. The van der Waals surface area contributed by atoms with E-state index in [-0.39, 0.29) is 22.9 Å². The van der Waals surface area contributed by atoms with Gasteiger partial charge in [0.2, 0.25) is 5.95 Å². The second-order valence-electron chi connectivity index (χ2n) is 7.52. The molecule has 0 unspecified atom stereocenters. The molecule has 1 amide bonds. The second-order valence-corrected chi connectivity index (χ2v) is 7.95. The van der Waals surface area contributed by atoms with E-state index < -0.39 is 23.8 Å². The Morgan fingerprint density at radius 2 is 1.91 bits per heavy atom. The van der Waals surface area contributed by atoms with Crippen LogP contribution in [0.1, 0.15) is 28.0 Å². The maximum Gasteiger partial charge on any atom is 0.280 e. The Morgan fingerprint density at radius 3 is 2.66 bits per heavy atom. The molecule has 3 heterocycles. The zero-order chi connectivity index (χ0) is 24.5. The third-order valence-corrected chi connectivity index (χ3v) is 5.34. The van der Waals surface area contributed by atoms with Gasteiger partial charge in [-0.3, -0.25) is 10.1 Å². The molecule has 0 saturated carbocycles. The molecule has 0 fully saturated rings. The quantitative estimate of drug-likeness (QED) is 0.356. The first-order valence-corrected chi connectivity index (χ1v) is 10.6. The molecular formula is C23H15ClF3N7O. The highest BCUT2D eigenvalue weighted by Gasteiger charge is 2.22. The Hall–Kier alpha value is -4.25. The summed E-state index contributed by atoms with van der Waals surface area (Å²) in [6.07, 6.45) is -0.313. The largest absolute Gasteiger partial charge is 0.289 e. The Balaban J connectivity index is 1.44. The van der Waals surface area contributed by atoms with Crippen LogP contribution in [0.15, 0.2) is 67.1 Å². The average molecular weight is 498 g/mol. The van der Waals surface area contributed by atoms with E-state index in [2.05, 4.69) is 25.5 Å². The van der Waals surface area contributed by atoms with E-state index in [1.807, 2.05) is 12.1 Å². The minimum Gasteiger partial charge on any atom is -0.289 e. The minimum absolute atomic E-state index is 0.0140. The van der Waals surface area contributed by atoms with Gasteiger partial charge < -0.3 is 0 Å². The van der Waals surface area contributed by atoms with Gasteiger partial charge in [0.25, 0.3) is 12.3 Å². The van der Waals surface area contributed by atoms with E-state index in [9.17, 15) is 18.0 Å². The molecule has 0 spiro atoms. The van der Waals surface area contributed by atoms with Gasteiger partial charge in [-0.25, -0.2) is 32.3 Å². The van der Waals surface area contributed by atoms with Crippen LogP contribution in [0.25, 0.3) is 16.9 Å². The first-order chi connectivity index (χ1) is 16.9. The molecule has 5 rings (SSSR count). The van der Waals surface area contributed by atoms with Crippen molar-refractivity contribution in [3.63, 3.8) is 0 Å². The van der Waals surface area contributed by atoms with Crippen LogP contribution in [-0.2, 0) is 6.54 Å². The number of hydrogen-bond donors (Lipinski definition) is 1. The lowest BCUT2D eigenvalue weighted by molar-refractivity contribution is 0.102. The van der Waals surface area contributed by atoms with E-state index in [1.54, 1.807) is 12.1 Å². The third kappa shape index (κ3) is 4.71. The number of nitrogens with one attached hydrogen (secondary N) is 1. The Labute approximate surface area is 201 Å². The normalized spacial score (nSPS) is 11.3. The topological polar surface area (TPSA) is 90.0 Å². The Morgan fingerprint density at radius 1 is 1.11 bits per heavy atom. The fourth-order valence-corrected chi connectivity index (χ4v) is 3.70. The summed E-state index contributed by atoms with van der Waals surface area (Å²) < 4.78 is 43.2. The van der Waals surface area contributed by atoms with Crippen molar-refractivity contribution in [1.82, 2.24) is 29.4 Å². The number of fused-ring (bicyclic) bond motifs is 1. The SMILES string of the molecule is O=C(Nc1ncn(Cc2cccc(Cl)c2)n1)c1cnn2c(C(F)F)cc(-c3ccc(F)cc3)nc12. The van der Waals surface area contributed by atoms with Crippen LogP contribution in [0.2, 0.25) is 5.02 Å². The van der Waals surface area contributed by atoms with Gasteiger partial charge in [0.05, 0.1) is 18.4 Å². The molecule has 0 aliphatic rings. The molecule has 35 heavy (non-hydrogen) atoms. The van der Waals surface area contributed by atoms with Crippen LogP contribution >= 0.6 is 11.6 Å². The van der Waals surface area contributed by atoms with Gasteiger partial charge >= 0.3 is 0 Å². The van der Waals surface area contributed by atoms with Crippen molar-refractivity contribution in [2.24, 2.45) is 0 Å². The van der Waals surface area contributed by atoms with Gasteiger partial charge in [-0.15, -0.1) is 5.10 Å². The molecule has 3 aromatic heterocycles. The summed E-state index contributed by atoms with van der Waals surface area (Å²) >= 11 is 6.00. The maximum absolute atomic E-state index is 13.7. The van der Waals surface area contributed by atoms with Gasteiger partial charge in [0.1, 0.15) is 23.4 Å². The van der Waals surface area contributed by atoms with E-state index in [4.69, 9.17) is 11.6 Å². The van der Waals surface area contributed by atoms with E-state index in [0.717, 1.165) is 22.3 Å². The summed E-state index contributed by atoms with van der Waals surface area (Å²) in [6, 6.07) is 13.6. The van der Waals surface area contributed by atoms with Crippen molar-refractivity contribution in [1.29, 1.82) is 0 Å². The molecule has 0 saturated heterocycles. The van der Waals surface area contributed by atoms with Crippen molar-refractivity contribution < 1.29 is 18.0 Å². The molecule has 2 aromatic carbocycles. The van der Waals surface area contributed by atoms with Crippen molar-refractivity contribution in [3.8, 4) is 11.3 Å². The molecular weight excluding hydrogens is 483 g/mol. The van der Waals surface area contributed by atoms with Crippen molar-refractivity contribution in [3.05, 3.63) is 94.8 Å². The molecule has 8 nitrogen and oxygen atoms in total. The summed E-state index contributed by atoms with van der Waals surface area (Å²) in [5.74, 6) is -1.14. The summed E-state index contributed by atoms with van der Waals surface area (Å²) in [7, 11) is 0.